The number of ether oxygens (including phenoxy) is 1. The van der Waals surface area contributed by atoms with E-state index >= 15 is 0 Å². The lowest BCUT2D eigenvalue weighted by Crippen LogP contribution is -2.44. The molecule has 3 rings (SSSR count). The van der Waals surface area contributed by atoms with E-state index in [1.54, 1.807) is 12.1 Å². The van der Waals surface area contributed by atoms with Crippen molar-refractivity contribution in [3.8, 4) is 5.75 Å². The average molecular weight is 395 g/mol. The Bertz CT molecular complexity index is 924. The maximum absolute atomic E-state index is 12.0. The van der Waals surface area contributed by atoms with Crippen molar-refractivity contribution >= 4 is 34.7 Å². The molecule has 0 saturated heterocycles. The van der Waals surface area contributed by atoms with Crippen molar-refractivity contribution in [2.45, 2.75) is 19.9 Å². The van der Waals surface area contributed by atoms with Crippen molar-refractivity contribution in [3.05, 3.63) is 71.4 Å². The van der Waals surface area contributed by atoms with E-state index in [0.29, 0.717) is 16.4 Å². The molecule has 7 heteroatoms. The van der Waals surface area contributed by atoms with E-state index in [-0.39, 0.29) is 24.3 Å². The summed E-state index contributed by atoms with van der Waals surface area (Å²) in [6.07, 6.45) is 0. The number of Topliss-reactive ketones (excluding diaryl/α,β-unsaturated/α-hetero) is 1. The van der Waals surface area contributed by atoms with Crippen LogP contribution in [-0.4, -0.2) is 23.4 Å². The number of thiocarbonyl (C=S) groups is 1. The molecule has 2 aromatic carbocycles. The van der Waals surface area contributed by atoms with Crippen molar-refractivity contribution < 1.29 is 14.3 Å². The summed E-state index contributed by atoms with van der Waals surface area (Å²) in [4.78, 5) is 24.0. The maximum Gasteiger partial charge on any atom is 0.262 e. The summed E-state index contributed by atoms with van der Waals surface area (Å²) >= 11 is 5.21. The number of carbonyl (C=O) groups is 2. The minimum absolute atomic E-state index is 0.0251. The van der Waals surface area contributed by atoms with Crippen LogP contribution in [0.4, 0.5) is 5.69 Å². The Labute approximate surface area is 169 Å². The fraction of sp³-hybridized carbons (Fsp3) is 0.190. The highest BCUT2D eigenvalue weighted by molar-refractivity contribution is 7.80. The first-order chi connectivity index (χ1) is 13.4. The van der Waals surface area contributed by atoms with Gasteiger partial charge in [0.25, 0.3) is 5.91 Å². The van der Waals surface area contributed by atoms with Gasteiger partial charge in [0.15, 0.2) is 17.5 Å². The van der Waals surface area contributed by atoms with Gasteiger partial charge >= 0.3 is 0 Å². The first kappa shape index (κ1) is 19.6. The predicted octanol–water partition coefficient (Wildman–Crippen LogP) is 3.09. The number of allylic oxidation sites excluding steroid dienone is 1. The normalized spacial score (nSPS) is 16.1. The van der Waals surface area contributed by atoms with Crippen LogP contribution in [0.2, 0.25) is 0 Å². The van der Waals surface area contributed by atoms with E-state index in [0.717, 1.165) is 16.9 Å². The fourth-order valence-corrected chi connectivity index (χ4v) is 3.31. The number of hydrogen-bond donors (Lipinski definition) is 3. The molecular formula is C21H21N3O3S. The van der Waals surface area contributed by atoms with Crippen molar-refractivity contribution in [2.75, 3.05) is 11.9 Å². The van der Waals surface area contributed by atoms with Gasteiger partial charge in [0.2, 0.25) is 0 Å². The molecule has 0 bridgehead atoms. The van der Waals surface area contributed by atoms with Gasteiger partial charge < -0.3 is 20.7 Å². The van der Waals surface area contributed by atoms with Gasteiger partial charge in [0.1, 0.15) is 5.75 Å². The number of nitrogens with one attached hydrogen (secondary N) is 3. The smallest absolute Gasteiger partial charge is 0.262 e. The molecule has 1 aliphatic heterocycles. The quantitative estimate of drug-likeness (QED) is 0.653. The van der Waals surface area contributed by atoms with Crippen LogP contribution in [-0.2, 0) is 9.59 Å². The zero-order valence-corrected chi connectivity index (χ0v) is 16.4. The Kier molecular flexibility index (Phi) is 6.06. The number of hydrogen-bond acceptors (Lipinski definition) is 4. The molecule has 0 saturated carbocycles. The van der Waals surface area contributed by atoms with Crippen molar-refractivity contribution in [1.29, 1.82) is 0 Å². The number of rotatable bonds is 6. The Morgan fingerprint density at radius 2 is 1.79 bits per heavy atom. The van der Waals surface area contributed by atoms with Gasteiger partial charge in [-0.05, 0) is 55.9 Å². The molecule has 0 fully saturated rings. The van der Waals surface area contributed by atoms with E-state index < -0.39 is 0 Å². The molecule has 0 spiro atoms. The number of para-hydroxylation sites is 1. The lowest BCUT2D eigenvalue weighted by molar-refractivity contribution is -0.118. The molecule has 0 aliphatic carbocycles. The van der Waals surface area contributed by atoms with Crippen LogP contribution < -0.4 is 20.7 Å². The number of ketones is 1. The molecule has 1 atom stereocenters. The highest BCUT2D eigenvalue weighted by Crippen LogP contribution is 2.28. The summed E-state index contributed by atoms with van der Waals surface area (Å²) < 4.78 is 5.55. The average Bonchev–Trinajstić information content (AvgIpc) is 2.66. The van der Waals surface area contributed by atoms with Gasteiger partial charge in [-0.1, -0.05) is 30.3 Å². The molecule has 1 amide bonds. The van der Waals surface area contributed by atoms with Crippen molar-refractivity contribution in [1.82, 2.24) is 10.6 Å². The first-order valence-electron chi connectivity index (χ1n) is 8.81. The second-order valence-corrected chi connectivity index (χ2v) is 6.81. The van der Waals surface area contributed by atoms with Crippen molar-refractivity contribution in [3.63, 3.8) is 0 Å². The van der Waals surface area contributed by atoms with Crippen LogP contribution in [0.5, 0.6) is 5.75 Å². The van der Waals surface area contributed by atoms with Crippen LogP contribution in [0, 0.1) is 0 Å². The molecule has 28 heavy (non-hydrogen) atoms. The fourth-order valence-electron chi connectivity index (χ4n) is 3.03. The molecular weight excluding hydrogens is 374 g/mol. The van der Waals surface area contributed by atoms with E-state index in [2.05, 4.69) is 16.0 Å². The summed E-state index contributed by atoms with van der Waals surface area (Å²) in [6.45, 7) is 3.27. The Morgan fingerprint density at radius 1 is 1.11 bits per heavy atom. The zero-order chi connectivity index (χ0) is 20.1. The van der Waals surface area contributed by atoms with Crippen LogP contribution in [0.3, 0.4) is 0 Å². The van der Waals surface area contributed by atoms with Crippen LogP contribution >= 0.6 is 12.2 Å². The number of anilines is 1. The second-order valence-electron chi connectivity index (χ2n) is 6.40. The van der Waals surface area contributed by atoms with E-state index in [1.807, 2.05) is 49.4 Å². The largest absolute Gasteiger partial charge is 0.484 e. The van der Waals surface area contributed by atoms with Crippen LogP contribution in [0.15, 0.2) is 65.9 Å². The van der Waals surface area contributed by atoms with Gasteiger partial charge in [-0.25, -0.2) is 0 Å². The minimum Gasteiger partial charge on any atom is -0.484 e. The molecule has 6 nitrogen and oxygen atoms in total. The SMILES string of the molecule is CC(=O)C1=C(C)NC(=S)NC1c1ccc(OCC(=O)Nc2ccccc2)cc1. The van der Waals surface area contributed by atoms with Crippen LogP contribution in [0.1, 0.15) is 25.5 Å². The number of carbonyl (C=O) groups excluding carboxylic acids is 2. The number of amides is 1. The van der Waals surface area contributed by atoms with Gasteiger partial charge in [-0.2, -0.15) is 0 Å². The molecule has 144 valence electrons. The molecule has 3 N–H and O–H groups in total. The highest BCUT2D eigenvalue weighted by atomic mass is 32.1. The molecule has 1 aliphatic rings. The molecule has 0 aromatic heterocycles. The Balaban J connectivity index is 1.64. The summed E-state index contributed by atoms with van der Waals surface area (Å²) in [5.41, 5.74) is 3.00. The lowest BCUT2D eigenvalue weighted by Gasteiger charge is -2.29. The Hall–Kier alpha value is -3.19. The third-order valence-corrected chi connectivity index (χ3v) is 4.51. The summed E-state index contributed by atoms with van der Waals surface area (Å²) in [5, 5.41) is 9.35. The summed E-state index contributed by atoms with van der Waals surface area (Å²) in [5.74, 6) is 0.300. The van der Waals surface area contributed by atoms with E-state index in [4.69, 9.17) is 17.0 Å². The first-order valence-corrected chi connectivity index (χ1v) is 9.22. The monoisotopic (exact) mass is 395 g/mol. The van der Waals surface area contributed by atoms with Crippen LogP contribution in [0.25, 0.3) is 0 Å². The molecule has 1 unspecified atom stereocenters. The topological polar surface area (TPSA) is 79.5 Å². The summed E-state index contributed by atoms with van der Waals surface area (Å²) in [6, 6.07) is 16.1. The highest BCUT2D eigenvalue weighted by Gasteiger charge is 2.27. The minimum atomic E-state index is -0.318. The van der Waals surface area contributed by atoms with E-state index in [9.17, 15) is 9.59 Å². The van der Waals surface area contributed by atoms with Gasteiger partial charge in [-0.15, -0.1) is 0 Å². The maximum atomic E-state index is 12.0. The lowest BCUT2D eigenvalue weighted by atomic mass is 9.93. The van der Waals surface area contributed by atoms with Gasteiger partial charge in [0, 0.05) is 17.0 Å². The second kappa shape index (κ2) is 8.67. The standard InChI is InChI=1S/C21H21N3O3S/c1-13-19(14(2)25)20(24-21(28)22-13)15-8-10-17(11-9-15)27-12-18(26)23-16-6-4-3-5-7-16/h3-11,20H,12H2,1-2H3,(H,23,26)(H2,22,24,28). The van der Waals surface area contributed by atoms with E-state index in [1.165, 1.54) is 6.92 Å². The molecule has 0 radical (unpaired) electrons. The molecule has 1 heterocycles. The zero-order valence-electron chi connectivity index (χ0n) is 15.6. The number of benzene rings is 2. The third kappa shape index (κ3) is 4.75. The van der Waals surface area contributed by atoms with Crippen molar-refractivity contribution in [2.24, 2.45) is 0 Å². The molecule has 2 aromatic rings. The third-order valence-electron chi connectivity index (χ3n) is 4.29. The van der Waals surface area contributed by atoms with Gasteiger partial charge in [0.05, 0.1) is 6.04 Å². The Morgan fingerprint density at radius 3 is 2.43 bits per heavy atom. The summed E-state index contributed by atoms with van der Waals surface area (Å²) in [7, 11) is 0. The van der Waals surface area contributed by atoms with Gasteiger partial charge in [-0.3, -0.25) is 9.59 Å². The predicted molar refractivity (Wildman–Crippen MR) is 112 cm³/mol.